The minimum Gasteiger partial charge on any atom is -0.329 e. The molecule has 0 aromatic rings. The molecular weight excluding hydrogens is 172 g/mol. The predicted molar refractivity (Wildman–Crippen MR) is 60.2 cm³/mol. The van der Waals surface area contributed by atoms with Crippen LogP contribution in [0.1, 0.15) is 46.0 Å². The Morgan fingerprint density at radius 1 is 1.36 bits per heavy atom. The van der Waals surface area contributed by atoms with Crippen molar-refractivity contribution < 1.29 is 0 Å². The van der Waals surface area contributed by atoms with Crippen LogP contribution in [-0.4, -0.2) is 29.6 Å². The van der Waals surface area contributed by atoms with Gasteiger partial charge in [-0.25, -0.2) is 0 Å². The van der Waals surface area contributed by atoms with E-state index < -0.39 is 0 Å². The standard InChI is InChI=1S/C12H24N2/c1-3-14(11-4-5-11)12(9-13)7-6-10(2)8-12/h10-11H,3-9,13H2,1-2H3. The molecule has 82 valence electrons. The molecule has 2 nitrogen and oxygen atoms in total. The summed E-state index contributed by atoms with van der Waals surface area (Å²) < 4.78 is 0. The average Bonchev–Trinajstić information content (AvgIpc) is 2.93. The highest BCUT2D eigenvalue weighted by Gasteiger charge is 2.45. The summed E-state index contributed by atoms with van der Waals surface area (Å²) in [5.74, 6) is 0.881. The Morgan fingerprint density at radius 3 is 2.43 bits per heavy atom. The van der Waals surface area contributed by atoms with Gasteiger partial charge < -0.3 is 5.73 Å². The molecule has 2 fully saturated rings. The molecule has 2 N–H and O–H groups in total. The first-order chi connectivity index (χ1) is 6.72. The van der Waals surface area contributed by atoms with Gasteiger partial charge in [0.1, 0.15) is 0 Å². The lowest BCUT2D eigenvalue weighted by Crippen LogP contribution is -2.53. The second-order valence-electron chi connectivity index (χ2n) is 5.29. The van der Waals surface area contributed by atoms with E-state index in [1.807, 2.05) is 0 Å². The molecule has 2 heteroatoms. The van der Waals surface area contributed by atoms with Crippen molar-refractivity contribution in [1.82, 2.24) is 4.90 Å². The molecule has 0 aliphatic heterocycles. The Morgan fingerprint density at radius 2 is 2.07 bits per heavy atom. The van der Waals surface area contributed by atoms with Gasteiger partial charge >= 0.3 is 0 Å². The molecule has 2 atom stereocenters. The van der Waals surface area contributed by atoms with Gasteiger partial charge in [0.25, 0.3) is 0 Å². The number of hydrogen-bond donors (Lipinski definition) is 1. The van der Waals surface area contributed by atoms with Crippen molar-refractivity contribution in [2.75, 3.05) is 13.1 Å². The molecule has 0 spiro atoms. The van der Waals surface area contributed by atoms with Crippen molar-refractivity contribution in [2.45, 2.75) is 57.5 Å². The van der Waals surface area contributed by atoms with E-state index in [4.69, 9.17) is 5.73 Å². The minimum atomic E-state index is 0.370. The summed E-state index contributed by atoms with van der Waals surface area (Å²) in [6, 6.07) is 0.869. The molecule has 0 aromatic carbocycles. The quantitative estimate of drug-likeness (QED) is 0.745. The SMILES string of the molecule is CCN(C1CC1)C1(CN)CCC(C)C1. The maximum atomic E-state index is 6.03. The fourth-order valence-corrected chi connectivity index (χ4v) is 3.30. The van der Waals surface area contributed by atoms with Gasteiger partial charge in [0, 0.05) is 18.1 Å². The summed E-state index contributed by atoms with van der Waals surface area (Å²) in [5, 5.41) is 0. The van der Waals surface area contributed by atoms with E-state index >= 15 is 0 Å². The Balaban J connectivity index is 2.09. The van der Waals surface area contributed by atoms with E-state index in [0.717, 1.165) is 18.5 Å². The van der Waals surface area contributed by atoms with E-state index in [1.54, 1.807) is 0 Å². The molecule has 0 bridgehead atoms. The zero-order valence-corrected chi connectivity index (χ0v) is 9.63. The highest BCUT2D eigenvalue weighted by atomic mass is 15.3. The number of rotatable bonds is 4. The largest absolute Gasteiger partial charge is 0.329 e. The third-order valence-electron chi connectivity index (χ3n) is 4.15. The first kappa shape index (κ1) is 10.4. The molecule has 2 aliphatic carbocycles. The summed E-state index contributed by atoms with van der Waals surface area (Å²) in [6.45, 7) is 6.72. The topological polar surface area (TPSA) is 29.3 Å². The Bertz CT molecular complexity index is 200. The van der Waals surface area contributed by atoms with Gasteiger partial charge in [-0.3, -0.25) is 4.90 Å². The molecule has 2 rings (SSSR count). The maximum Gasteiger partial charge on any atom is 0.0337 e. The van der Waals surface area contributed by atoms with Crippen LogP contribution in [0.25, 0.3) is 0 Å². The van der Waals surface area contributed by atoms with Crippen LogP contribution in [0.2, 0.25) is 0 Å². The van der Waals surface area contributed by atoms with E-state index in [-0.39, 0.29) is 0 Å². The second kappa shape index (κ2) is 3.82. The zero-order valence-electron chi connectivity index (χ0n) is 9.63. The molecule has 0 heterocycles. The highest BCUT2D eigenvalue weighted by molar-refractivity contribution is 5.02. The lowest BCUT2D eigenvalue weighted by atomic mass is 9.93. The number of nitrogens with zero attached hydrogens (tertiary/aromatic N) is 1. The zero-order chi connectivity index (χ0) is 10.2. The van der Waals surface area contributed by atoms with Gasteiger partial charge in [-0.1, -0.05) is 13.8 Å². The second-order valence-corrected chi connectivity index (χ2v) is 5.29. The predicted octanol–water partition coefficient (Wildman–Crippen LogP) is 1.99. The molecular formula is C12H24N2. The van der Waals surface area contributed by atoms with Crippen LogP contribution < -0.4 is 5.73 Å². The Hall–Kier alpha value is -0.0800. The van der Waals surface area contributed by atoms with Gasteiger partial charge in [-0.05, 0) is 44.6 Å². The Kier molecular flexibility index (Phi) is 2.85. The maximum absolute atomic E-state index is 6.03. The molecule has 0 aromatic heterocycles. The normalized spacial score (nSPS) is 38.1. The van der Waals surface area contributed by atoms with Gasteiger partial charge in [-0.2, -0.15) is 0 Å². The van der Waals surface area contributed by atoms with Crippen molar-refractivity contribution >= 4 is 0 Å². The van der Waals surface area contributed by atoms with Gasteiger partial charge in [0.15, 0.2) is 0 Å². The van der Waals surface area contributed by atoms with Crippen molar-refractivity contribution in [2.24, 2.45) is 11.7 Å². The van der Waals surface area contributed by atoms with E-state index in [2.05, 4.69) is 18.7 Å². The van der Waals surface area contributed by atoms with Crippen LogP contribution in [0, 0.1) is 5.92 Å². The molecule has 0 saturated heterocycles. The molecule has 0 radical (unpaired) electrons. The lowest BCUT2D eigenvalue weighted by Gasteiger charge is -2.40. The summed E-state index contributed by atoms with van der Waals surface area (Å²) in [7, 11) is 0. The smallest absolute Gasteiger partial charge is 0.0337 e. The van der Waals surface area contributed by atoms with Gasteiger partial charge in [0.2, 0.25) is 0 Å². The van der Waals surface area contributed by atoms with Crippen LogP contribution in [0.15, 0.2) is 0 Å². The summed E-state index contributed by atoms with van der Waals surface area (Å²) in [5.41, 5.74) is 6.40. The van der Waals surface area contributed by atoms with E-state index in [9.17, 15) is 0 Å². The molecule has 14 heavy (non-hydrogen) atoms. The van der Waals surface area contributed by atoms with E-state index in [1.165, 1.54) is 38.6 Å². The van der Waals surface area contributed by atoms with Crippen LogP contribution in [0.5, 0.6) is 0 Å². The average molecular weight is 196 g/mol. The minimum absolute atomic E-state index is 0.370. The monoisotopic (exact) mass is 196 g/mol. The Labute approximate surface area is 87.8 Å². The van der Waals surface area contributed by atoms with Crippen molar-refractivity contribution in [3.8, 4) is 0 Å². The number of nitrogens with two attached hydrogens (primary N) is 1. The third kappa shape index (κ3) is 1.70. The number of likely N-dealkylation sites (N-methyl/N-ethyl adjacent to an activating group) is 1. The summed E-state index contributed by atoms with van der Waals surface area (Å²) in [4.78, 5) is 2.70. The van der Waals surface area contributed by atoms with Gasteiger partial charge in [0.05, 0.1) is 0 Å². The fraction of sp³-hybridized carbons (Fsp3) is 1.00. The molecule has 2 unspecified atom stereocenters. The van der Waals surface area contributed by atoms with Crippen LogP contribution in [-0.2, 0) is 0 Å². The molecule has 2 aliphatic rings. The van der Waals surface area contributed by atoms with Crippen molar-refractivity contribution in [1.29, 1.82) is 0 Å². The fourth-order valence-electron chi connectivity index (χ4n) is 3.30. The van der Waals surface area contributed by atoms with Crippen LogP contribution >= 0.6 is 0 Å². The first-order valence-electron chi connectivity index (χ1n) is 6.18. The number of hydrogen-bond acceptors (Lipinski definition) is 2. The lowest BCUT2D eigenvalue weighted by molar-refractivity contribution is 0.0931. The molecule has 0 amide bonds. The third-order valence-corrected chi connectivity index (χ3v) is 4.15. The summed E-state index contributed by atoms with van der Waals surface area (Å²) >= 11 is 0. The van der Waals surface area contributed by atoms with E-state index in [0.29, 0.717) is 5.54 Å². The summed E-state index contributed by atoms with van der Waals surface area (Å²) in [6.07, 6.45) is 6.84. The van der Waals surface area contributed by atoms with Crippen molar-refractivity contribution in [3.63, 3.8) is 0 Å². The van der Waals surface area contributed by atoms with Crippen LogP contribution in [0.4, 0.5) is 0 Å². The first-order valence-corrected chi connectivity index (χ1v) is 6.18. The highest BCUT2D eigenvalue weighted by Crippen LogP contribution is 2.43. The molecule has 2 saturated carbocycles. The van der Waals surface area contributed by atoms with Crippen LogP contribution in [0.3, 0.4) is 0 Å². The van der Waals surface area contributed by atoms with Gasteiger partial charge in [-0.15, -0.1) is 0 Å². The van der Waals surface area contributed by atoms with Crippen molar-refractivity contribution in [3.05, 3.63) is 0 Å².